The molecule has 2 rings (SSSR count). The van der Waals surface area contributed by atoms with Crippen molar-refractivity contribution >= 4 is 17.4 Å². The molecule has 1 amide bonds. The van der Waals surface area contributed by atoms with Crippen LogP contribution in [-0.4, -0.2) is 50.1 Å². The van der Waals surface area contributed by atoms with Crippen LogP contribution in [-0.2, 0) is 11.2 Å². The molecule has 134 valence electrons. The zero-order valence-corrected chi connectivity index (χ0v) is 15.1. The Kier molecular flexibility index (Phi) is 7.22. The predicted molar refractivity (Wildman–Crippen MR) is 101 cm³/mol. The number of aromatic nitrogens is 1. The van der Waals surface area contributed by atoms with Crippen molar-refractivity contribution in [2.24, 2.45) is 0 Å². The van der Waals surface area contributed by atoms with E-state index in [1.807, 2.05) is 30.3 Å². The zero-order valence-electron chi connectivity index (χ0n) is 15.1. The molecule has 0 unspecified atom stereocenters. The normalized spacial score (nSPS) is 10.6. The van der Waals surface area contributed by atoms with Crippen LogP contribution in [0, 0.1) is 0 Å². The van der Waals surface area contributed by atoms with E-state index in [1.54, 1.807) is 19.4 Å². The molecule has 0 saturated carbocycles. The van der Waals surface area contributed by atoms with Gasteiger partial charge in [-0.3, -0.25) is 4.79 Å². The summed E-state index contributed by atoms with van der Waals surface area (Å²) in [5.74, 6) is 1.24. The predicted octanol–water partition coefficient (Wildman–Crippen LogP) is 2.64. The summed E-state index contributed by atoms with van der Waals surface area (Å²) in [5.41, 5.74) is 1.88. The minimum atomic E-state index is -0.0932. The molecule has 2 N–H and O–H groups in total. The highest BCUT2D eigenvalue weighted by atomic mass is 16.5. The Morgan fingerprint density at radius 3 is 2.52 bits per heavy atom. The molecule has 0 aliphatic carbocycles. The van der Waals surface area contributed by atoms with E-state index in [1.165, 1.54) is 0 Å². The number of ether oxygens (including phenoxy) is 1. The van der Waals surface area contributed by atoms with Crippen LogP contribution in [0.15, 0.2) is 42.6 Å². The van der Waals surface area contributed by atoms with Crippen LogP contribution in [0.2, 0.25) is 0 Å². The minimum Gasteiger partial charge on any atom is -0.497 e. The van der Waals surface area contributed by atoms with Crippen LogP contribution >= 0.6 is 0 Å². The number of carbonyl (C=O) groups is 1. The second-order valence-electron chi connectivity index (χ2n) is 6.09. The Bertz CT molecular complexity index is 654. The molecule has 0 aliphatic rings. The molecule has 0 bridgehead atoms. The van der Waals surface area contributed by atoms with E-state index in [9.17, 15) is 4.79 Å². The van der Waals surface area contributed by atoms with E-state index in [-0.39, 0.29) is 5.91 Å². The maximum Gasteiger partial charge on any atom is 0.229 e. The second-order valence-corrected chi connectivity index (χ2v) is 6.09. The molecule has 6 nitrogen and oxygen atoms in total. The summed E-state index contributed by atoms with van der Waals surface area (Å²) in [4.78, 5) is 18.5. The lowest BCUT2D eigenvalue weighted by molar-refractivity contribution is -0.115. The van der Waals surface area contributed by atoms with Gasteiger partial charge in [0.25, 0.3) is 0 Å². The number of hydrogen-bond acceptors (Lipinski definition) is 5. The summed E-state index contributed by atoms with van der Waals surface area (Å²) in [6.07, 6.45) is 3.10. The molecule has 0 atom stereocenters. The van der Waals surface area contributed by atoms with Gasteiger partial charge in [-0.1, -0.05) is 12.1 Å². The van der Waals surface area contributed by atoms with Gasteiger partial charge >= 0.3 is 0 Å². The van der Waals surface area contributed by atoms with Gasteiger partial charge < -0.3 is 20.3 Å². The number of nitrogens with zero attached hydrogens (tertiary/aromatic N) is 2. The molecule has 25 heavy (non-hydrogen) atoms. The molecule has 0 aliphatic heterocycles. The van der Waals surface area contributed by atoms with E-state index in [0.717, 1.165) is 36.5 Å². The first-order valence-electron chi connectivity index (χ1n) is 8.34. The van der Waals surface area contributed by atoms with Crippen LogP contribution < -0.4 is 15.4 Å². The van der Waals surface area contributed by atoms with Gasteiger partial charge in [0, 0.05) is 6.54 Å². The van der Waals surface area contributed by atoms with Gasteiger partial charge in [-0.2, -0.15) is 0 Å². The molecule has 6 heteroatoms. The highest BCUT2D eigenvalue weighted by Crippen LogP contribution is 2.13. The largest absolute Gasteiger partial charge is 0.497 e. The first-order chi connectivity index (χ1) is 12.1. The number of amides is 1. The van der Waals surface area contributed by atoms with Crippen molar-refractivity contribution in [1.82, 2.24) is 9.88 Å². The Hall–Kier alpha value is -2.60. The molecule has 1 heterocycles. The monoisotopic (exact) mass is 342 g/mol. The third-order valence-corrected chi connectivity index (χ3v) is 3.67. The number of nitrogens with one attached hydrogen (secondary N) is 2. The Morgan fingerprint density at radius 1 is 1.16 bits per heavy atom. The topological polar surface area (TPSA) is 66.5 Å². The van der Waals surface area contributed by atoms with Gasteiger partial charge in [0.1, 0.15) is 11.6 Å². The number of benzene rings is 1. The Labute approximate surface area is 149 Å². The molecule has 2 aromatic rings. The Morgan fingerprint density at radius 2 is 1.92 bits per heavy atom. The van der Waals surface area contributed by atoms with E-state index >= 15 is 0 Å². The van der Waals surface area contributed by atoms with Crippen molar-refractivity contribution in [2.75, 3.05) is 44.9 Å². The quantitative estimate of drug-likeness (QED) is 0.686. The first-order valence-corrected chi connectivity index (χ1v) is 8.34. The highest BCUT2D eigenvalue weighted by molar-refractivity contribution is 5.91. The van der Waals surface area contributed by atoms with Crippen LogP contribution in [0.3, 0.4) is 0 Å². The molecular weight excluding hydrogens is 316 g/mol. The van der Waals surface area contributed by atoms with Crippen LogP contribution in [0.25, 0.3) is 0 Å². The first kappa shape index (κ1) is 18.7. The van der Waals surface area contributed by atoms with Crippen LogP contribution in [0.1, 0.15) is 12.0 Å². The van der Waals surface area contributed by atoms with Crippen molar-refractivity contribution < 1.29 is 9.53 Å². The van der Waals surface area contributed by atoms with Crippen molar-refractivity contribution in [3.8, 4) is 5.75 Å². The average molecular weight is 342 g/mol. The van der Waals surface area contributed by atoms with Gasteiger partial charge in [0.2, 0.25) is 5.91 Å². The summed E-state index contributed by atoms with van der Waals surface area (Å²) < 4.78 is 5.11. The number of methoxy groups -OCH3 is 1. The second kappa shape index (κ2) is 9.64. The molecular formula is C19H26N4O2. The molecule has 1 aromatic heterocycles. The molecule has 1 aromatic carbocycles. The number of anilines is 2. The fourth-order valence-corrected chi connectivity index (χ4v) is 2.32. The summed E-state index contributed by atoms with van der Waals surface area (Å²) in [7, 11) is 5.74. The maximum atomic E-state index is 12.1. The summed E-state index contributed by atoms with van der Waals surface area (Å²) in [6, 6.07) is 11.2. The third kappa shape index (κ3) is 6.81. The number of carbonyl (C=O) groups excluding carboxylic acids is 1. The van der Waals surface area contributed by atoms with Crippen molar-refractivity contribution in [1.29, 1.82) is 0 Å². The minimum absolute atomic E-state index is 0.0932. The summed E-state index contributed by atoms with van der Waals surface area (Å²) in [5, 5.41) is 6.13. The SMILES string of the molecule is COc1ccc(CC(=O)Nc2ccc(NCCCN(C)C)cn2)cc1. The fourth-order valence-electron chi connectivity index (χ4n) is 2.32. The van der Waals surface area contributed by atoms with Gasteiger partial charge in [-0.15, -0.1) is 0 Å². The lowest BCUT2D eigenvalue weighted by atomic mass is 10.1. The van der Waals surface area contributed by atoms with Crippen LogP contribution in [0.4, 0.5) is 11.5 Å². The third-order valence-electron chi connectivity index (χ3n) is 3.67. The van der Waals surface area contributed by atoms with Gasteiger partial charge in [-0.25, -0.2) is 4.98 Å². The standard InChI is InChI=1S/C19H26N4O2/c1-23(2)12-4-11-20-16-7-10-18(21-14-16)22-19(24)13-15-5-8-17(25-3)9-6-15/h5-10,14,20H,4,11-13H2,1-3H3,(H,21,22,24). The van der Waals surface area contributed by atoms with E-state index in [2.05, 4.69) is 34.6 Å². The van der Waals surface area contributed by atoms with Gasteiger partial charge in [0.05, 0.1) is 25.4 Å². The molecule has 0 radical (unpaired) electrons. The summed E-state index contributed by atoms with van der Waals surface area (Å²) in [6.45, 7) is 1.93. The van der Waals surface area contributed by atoms with Gasteiger partial charge in [-0.05, 0) is 56.9 Å². The lowest BCUT2D eigenvalue weighted by Gasteiger charge is -2.11. The van der Waals surface area contributed by atoms with E-state index < -0.39 is 0 Å². The maximum absolute atomic E-state index is 12.1. The van der Waals surface area contributed by atoms with E-state index in [4.69, 9.17) is 4.74 Å². The van der Waals surface area contributed by atoms with Crippen molar-refractivity contribution in [2.45, 2.75) is 12.8 Å². The molecule has 0 saturated heterocycles. The highest BCUT2D eigenvalue weighted by Gasteiger charge is 2.05. The average Bonchev–Trinajstić information content (AvgIpc) is 2.60. The number of pyridine rings is 1. The van der Waals surface area contributed by atoms with Crippen molar-refractivity contribution in [3.05, 3.63) is 48.2 Å². The zero-order chi connectivity index (χ0) is 18.1. The molecule has 0 fully saturated rings. The van der Waals surface area contributed by atoms with Gasteiger partial charge in [0.15, 0.2) is 0 Å². The lowest BCUT2D eigenvalue weighted by Crippen LogP contribution is -2.17. The number of rotatable bonds is 9. The summed E-state index contributed by atoms with van der Waals surface area (Å²) >= 11 is 0. The fraction of sp³-hybridized carbons (Fsp3) is 0.368. The molecule has 0 spiro atoms. The number of hydrogen-bond donors (Lipinski definition) is 2. The van der Waals surface area contributed by atoms with Crippen molar-refractivity contribution in [3.63, 3.8) is 0 Å². The smallest absolute Gasteiger partial charge is 0.229 e. The van der Waals surface area contributed by atoms with Crippen LogP contribution in [0.5, 0.6) is 5.75 Å². The Balaban J connectivity index is 1.78. The van der Waals surface area contributed by atoms with E-state index in [0.29, 0.717) is 12.2 Å².